The Morgan fingerprint density at radius 1 is 1.15 bits per heavy atom. The Kier molecular flexibility index (Phi) is 9.58. The predicted octanol–water partition coefficient (Wildman–Crippen LogP) is 5.11. The molecule has 0 aliphatic carbocycles. The highest BCUT2D eigenvalue weighted by Crippen LogP contribution is 2.31. The van der Waals surface area contributed by atoms with Crippen LogP contribution in [0.2, 0.25) is 0 Å². The minimum atomic E-state index is -0.582. The van der Waals surface area contributed by atoms with Gasteiger partial charge in [0.2, 0.25) is 11.9 Å². The Hall–Kier alpha value is -5.01. The number of terminal acetylenes is 1. The number of nitrogens with one attached hydrogen (secondary N) is 3. The maximum Gasteiger partial charge on any atom is 0.247 e. The zero-order chi connectivity index (χ0) is 28.3. The summed E-state index contributed by atoms with van der Waals surface area (Å²) < 4.78 is 33.7. The first kappa shape index (κ1) is 28.0. The fourth-order valence-electron chi connectivity index (χ4n) is 3.92. The van der Waals surface area contributed by atoms with Crippen LogP contribution in [0.25, 0.3) is 11.3 Å². The summed E-state index contributed by atoms with van der Waals surface area (Å²) in [5, 5.41) is 8.75. The van der Waals surface area contributed by atoms with Gasteiger partial charge in [-0.3, -0.25) is 4.79 Å². The van der Waals surface area contributed by atoms with Crippen LogP contribution in [0.3, 0.4) is 0 Å². The zero-order valence-corrected chi connectivity index (χ0v) is 21.7. The van der Waals surface area contributed by atoms with E-state index in [4.69, 9.17) is 11.2 Å². The number of carbonyl (C=O) groups is 1. The molecule has 1 aliphatic rings. The van der Waals surface area contributed by atoms with E-state index >= 15 is 0 Å². The average molecular weight is 543 g/mol. The Balaban J connectivity index is 1.57. The third kappa shape index (κ3) is 7.75. The lowest BCUT2D eigenvalue weighted by molar-refractivity contribution is -0.111. The molecule has 0 bridgehead atoms. The van der Waals surface area contributed by atoms with Crippen LogP contribution in [-0.4, -0.2) is 53.6 Å². The third-order valence-electron chi connectivity index (χ3n) is 5.78. The number of ether oxygens (including phenoxy) is 1. The molecule has 1 aromatic heterocycles. The van der Waals surface area contributed by atoms with Gasteiger partial charge in [-0.2, -0.15) is 0 Å². The van der Waals surface area contributed by atoms with Crippen molar-refractivity contribution in [2.45, 2.75) is 0 Å². The molecule has 204 valence electrons. The lowest BCUT2D eigenvalue weighted by Gasteiger charge is -2.28. The topological polar surface area (TPSA) is 91.4 Å². The first-order valence-corrected chi connectivity index (χ1v) is 12.5. The second kappa shape index (κ2) is 13.7. The normalized spacial score (nSPS) is 13.5. The zero-order valence-electron chi connectivity index (χ0n) is 21.7. The van der Waals surface area contributed by atoms with E-state index in [0.29, 0.717) is 42.4 Å². The number of allylic oxidation sites excluding steroid dienone is 3. The molecule has 0 saturated carbocycles. The van der Waals surface area contributed by atoms with Crippen LogP contribution in [0, 0.1) is 24.0 Å². The van der Waals surface area contributed by atoms with Crippen LogP contribution in [0.4, 0.5) is 31.8 Å². The number of nitrogens with zero attached hydrogens (tertiary/aromatic N) is 3. The number of anilines is 4. The number of carbonyl (C=O) groups excluding carboxylic acids is 1. The molecule has 2 aromatic carbocycles. The maximum atomic E-state index is 14.6. The van der Waals surface area contributed by atoms with E-state index in [9.17, 15) is 13.6 Å². The van der Waals surface area contributed by atoms with E-state index in [0.717, 1.165) is 24.9 Å². The van der Waals surface area contributed by atoms with Gasteiger partial charge < -0.3 is 25.6 Å². The van der Waals surface area contributed by atoms with Gasteiger partial charge in [-0.15, -0.1) is 6.42 Å². The Morgan fingerprint density at radius 2 is 1.95 bits per heavy atom. The van der Waals surface area contributed by atoms with Gasteiger partial charge in [-0.1, -0.05) is 30.7 Å². The molecule has 0 atom stereocenters. The molecule has 2 heterocycles. The minimum absolute atomic E-state index is 0.226. The van der Waals surface area contributed by atoms with Crippen molar-refractivity contribution >= 4 is 28.9 Å². The monoisotopic (exact) mass is 542 g/mol. The Morgan fingerprint density at radius 3 is 2.70 bits per heavy atom. The molecule has 40 heavy (non-hydrogen) atoms. The highest BCUT2D eigenvalue weighted by molar-refractivity contribution is 5.99. The van der Waals surface area contributed by atoms with Gasteiger partial charge in [0.15, 0.2) is 0 Å². The number of hydrogen-bond donors (Lipinski definition) is 3. The summed E-state index contributed by atoms with van der Waals surface area (Å²) in [4.78, 5) is 22.8. The van der Waals surface area contributed by atoms with Crippen molar-refractivity contribution in [3.8, 4) is 23.6 Å². The van der Waals surface area contributed by atoms with Gasteiger partial charge >= 0.3 is 0 Å². The second-order valence-corrected chi connectivity index (χ2v) is 8.62. The van der Waals surface area contributed by atoms with Crippen LogP contribution in [0.1, 0.15) is 0 Å². The second-order valence-electron chi connectivity index (χ2n) is 8.62. The SMILES string of the molecule is C#C/C(=C\C=C/CNc1ncc(Nc2cccc(F)c2)c(-c2cc(F)cc(NC(=O)C=C)c2)n1)N1CCOCC1. The van der Waals surface area contributed by atoms with Crippen LogP contribution in [0.5, 0.6) is 0 Å². The molecular formula is C30H28F2N6O2. The number of halogens is 2. The number of aromatic nitrogens is 2. The fraction of sp³-hybridized carbons (Fsp3) is 0.167. The number of hydrogen-bond acceptors (Lipinski definition) is 7. The molecule has 10 heteroatoms. The Bertz CT molecular complexity index is 1480. The van der Waals surface area contributed by atoms with Gasteiger partial charge in [0.05, 0.1) is 36.5 Å². The van der Waals surface area contributed by atoms with Crippen LogP contribution in [0.15, 0.2) is 85.2 Å². The Labute approximate surface area is 231 Å². The van der Waals surface area contributed by atoms with E-state index in [1.165, 1.54) is 30.5 Å². The largest absolute Gasteiger partial charge is 0.378 e. The van der Waals surface area contributed by atoms with Crippen molar-refractivity contribution in [3.05, 3.63) is 96.9 Å². The van der Waals surface area contributed by atoms with Crippen LogP contribution < -0.4 is 16.0 Å². The van der Waals surface area contributed by atoms with Gasteiger partial charge in [0.1, 0.15) is 11.6 Å². The van der Waals surface area contributed by atoms with Crippen molar-refractivity contribution in [1.29, 1.82) is 0 Å². The molecule has 1 aliphatic heterocycles. The molecular weight excluding hydrogens is 514 g/mol. The fourth-order valence-corrected chi connectivity index (χ4v) is 3.92. The lowest BCUT2D eigenvalue weighted by atomic mass is 10.1. The van der Waals surface area contributed by atoms with Gasteiger partial charge in [-0.25, -0.2) is 18.7 Å². The summed E-state index contributed by atoms with van der Waals surface area (Å²) in [6, 6.07) is 9.92. The number of benzene rings is 2. The van der Waals surface area contributed by atoms with Gasteiger partial charge in [-0.05, 0) is 48.6 Å². The van der Waals surface area contributed by atoms with Crippen molar-refractivity contribution < 1.29 is 18.3 Å². The molecule has 0 radical (unpaired) electrons. The highest BCUT2D eigenvalue weighted by Gasteiger charge is 2.14. The first-order valence-electron chi connectivity index (χ1n) is 12.5. The first-order chi connectivity index (χ1) is 19.4. The molecule has 0 spiro atoms. The van der Waals surface area contributed by atoms with Crippen molar-refractivity contribution in [1.82, 2.24) is 14.9 Å². The summed E-state index contributed by atoms with van der Waals surface area (Å²) in [6.45, 7) is 6.57. The van der Waals surface area contributed by atoms with E-state index in [2.05, 4.69) is 43.3 Å². The standard InChI is InChI=1S/C30H28F2N6O2/c1-3-26(38-12-14-40-15-13-38)10-5-6-11-33-30-34-20-27(35-24-9-7-8-22(31)18-24)29(37-30)21-16-23(32)19-25(17-21)36-28(39)4-2/h1,4-10,16-20,35H,2,11-15H2,(H,36,39)(H,33,34,37)/b6-5-,26-10+. The van der Waals surface area contributed by atoms with Crippen molar-refractivity contribution in [2.75, 3.05) is 48.8 Å². The lowest BCUT2D eigenvalue weighted by Crippen LogP contribution is -2.35. The van der Waals surface area contributed by atoms with Crippen LogP contribution >= 0.6 is 0 Å². The molecule has 8 nitrogen and oxygen atoms in total. The average Bonchev–Trinajstić information content (AvgIpc) is 2.95. The highest BCUT2D eigenvalue weighted by atomic mass is 19.1. The number of rotatable bonds is 10. The summed E-state index contributed by atoms with van der Waals surface area (Å²) in [7, 11) is 0. The van der Waals surface area contributed by atoms with E-state index < -0.39 is 17.5 Å². The van der Waals surface area contributed by atoms with Gasteiger partial charge in [0.25, 0.3) is 0 Å². The molecule has 3 N–H and O–H groups in total. The summed E-state index contributed by atoms with van der Waals surface area (Å²) in [6.07, 6.45) is 13.8. The van der Waals surface area contributed by atoms with Crippen molar-refractivity contribution in [2.24, 2.45) is 0 Å². The maximum absolute atomic E-state index is 14.6. The molecule has 1 amide bonds. The van der Waals surface area contributed by atoms with Gasteiger partial charge in [0, 0.05) is 36.6 Å². The molecule has 0 unspecified atom stereocenters. The molecule has 3 aromatic rings. The quantitative estimate of drug-likeness (QED) is 0.186. The predicted molar refractivity (Wildman–Crippen MR) is 153 cm³/mol. The third-order valence-corrected chi connectivity index (χ3v) is 5.78. The molecule has 4 rings (SSSR count). The molecule has 1 saturated heterocycles. The number of amides is 1. The van der Waals surface area contributed by atoms with Crippen molar-refractivity contribution in [3.63, 3.8) is 0 Å². The minimum Gasteiger partial charge on any atom is -0.378 e. The van der Waals surface area contributed by atoms with E-state index in [1.807, 2.05) is 18.2 Å². The molecule has 1 fully saturated rings. The van der Waals surface area contributed by atoms with Crippen LogP contribution in [-0.2, 0) is 9.53 Å². The number of morpholine rings is 1. The summed E-state index contributed by atoms with van der Waals surface area (Å²) >= 11 is 0. The smallest absolute Gasteiger partial charge is 0.247 e. The van der Waals surface area contributed by atoms with E-state index in [-0.39, 0.29) is 11.6 Å². The summed E-state index contributed by atoms with van der Waals surface area (Å²) in [5.74, 6) is 1.49. The van der Waals surface area contributed by atoms with E-state index in [1.54, 1.807) is 18.2 Å². The summed E-state index contributed by atoms with van der Waals surface area (Å²) in [5.41, 5.74) is 2.57.